The van der Waals surface area contributed by atoms with Crippen molar-refractivity contribution in [2.75, 3.05) is 7.11 Å². The van der Waals surface area contributed by atoms with Crippen LogP contribution in [0.4, 0.5) is 0 Å². The molecule has 0 amide bonds. The van der Waals surface area contributed by atoms with E-state index in [9.17, 15) is 4.79 Å². The van der Waals surface area contributed by atoms with E-state index in [1.165, 1.54) is 18.4 Å². The molecule has 0 N–H and O–H groups in total. The van der Waals surface area contributed by atoms with Gasteiger partial charge in [-0.15, -0.1) is 11.3 Å². The van der Waals surface area contributed by atoms with Gasteiger partial charge in [-0.2, -0.15) is 5.26 Å². The molecule has 0 saturated heterocycles. The van der Waals surface area contributed by atoms with Gasteiger partial charge in [-0.3, -0.25) is 0 Å². The average molecular weight is 257 g/mol. The van der Waals surface area contributed by atoms with Crippen molar-refractivity contribution in [2.24, 2.45) is 0 Å². The Kier molecular flexibility index (Phi) is 3.45. The molecule has 0 aliphatic rings. The number of aryl methyl sites for hydroxylation is 1. The predicted molar refractivity (Wildman–Crippen MR) is 70.5 cm³/mol. The van der Waals surface area contributed by atoms with E-state index in [2.05, 4.69) is 10.8 Å². The molecule has 0 radical (unpaired) electrons. The van der Waals surface area contributed by atoms with Gasteiger partial charge in [-0.1, -0.05) is 12.1 Å². The van der Waals surface area contributed by atoms with Gasteiger partial charge in [0.1, 0.15) is 4.88 Å². The van der Waals surface area contributed by atoms with Crippen molar-refractivity contribution in [2.45, 2.75) is 6.92 Å². The number of esters is 1. The largest absolute Gasteiger partial charge is 0.465 e. The minimum absolute atomic E-state index is 0.334. The second kappa shape index (κ2) is 5.03. The van der Waals surface area contributed by atoms with Gasteiger partial charge in [-0.05, 0) is 36.2 Å². The quantitative estimate of drug-likeness (QED) is 0.775. The van der Waals surface area contributed by atoms with Crippen LogP contribution in [0.2, 0.25) is 0 Å². The van der Waals surface area contributed by atoms with Gasteiger partial charge in [0.25, 0.3) is 0 Å². The van der Waals surface area contributed by atoms with Crippen LogP contribution in [0.15, 0.2) is 30.3 Å². The molecule has 1 heterocycles. The van der Waals surface area contributed by atoms with E-state index in [0.717, 1.165) is 16.0 Å². The highest BCUT2D eigenvalue weighted by Crippen LogP contribution is 2.29. The summed E-state index contributed by atoms with van der Waals surface area (Å²) in [4.78, 5) is 12.9. The number of hydrogen-bond acceptors (Lipinski definition) is 4. The third-order valence-electron chi connectivity index (χ3n) is 2.64. The van der Waals surface area contributed by atoms with Crippen molar-refractivity contribution >= 4 is 17.3 Å². The molecule has 18 heavy (non-hydrogen) atoms. The normalized spacial score (nSPS) is 9.83. The molecular weight excluding hydrogens is 246 g/mol. The summed E-state index contributed by atoms with van der Waals surface area (Å²) in [5, 5.41) is 9.00. The molecular formula is C14H11NO2S. The van der Waals surface area contributed by atoms with Crippen molar-refractivity contribution < 1.29 is 9.53 Å². The van der Waals surface area contributed by atoms with E-state index < -0.39 is 0 Å². The third-order valence-corrected chi connectivity index (χ3v) is 3.75. The van der Waals surface area contributed by atoms with Crippen molar-refractivity contribution in [3.63, 3.8) is 0 Å². The molecule has 1 aromatic carbocycles. The summed E-state index contributed by atoms with van der Waals surface area (Å²) in [5.41, 5.74) is 2.55. The lowest BCUT2D eigenvalue weighted by molar-refractivity contribution is 0.0606. The Hall–Kier alpha value is -2.12. The van der Waals surface area contributed by atoms with Gasteiger partial charge < -0.3 is 4.74 Å². The molecule has 1 aromatic heterocycles. The summed E-state index contributed by atoms with van der Waals surface area (Å²) in [6, 6.07) is 11.4. The van der Waals surface area contributed by atoms with Crippen LogP contribution in [-0.2, 0) is 4.74 Å². The second-order valence-corrected chi connectivity index (χ2v) is 4.88. The molecule has 0 aliphatic carbocycles. The average Bonchev–Trinajstić information content (AvgIpc) is 2.88. The van der Waals surface area contributed by atoms with E-state index in [-0.39, 0.29) is 5.97 Å². The standard InChI is InChI=1S/C14H11NO2S/c1-9-3-4-10(7-11(9)8-15)12-5-6-13(18-12)14(16)17-2/h3-7H,1-2H3. The van der Waals surface area contributed by atoms with Crippen LogP contribution in [0, 0.1) is 18.3 Å². The molecule has 4 heteroatoms. The number of ether oxygens (including phenoxy) is 1. The van der Waals surface area contributed by atoms with E-state index in [0.29, 0.717) is 10.4 Å². The summed E-state index contributed by atoms with van der Waals surface area (Å²) < 4.78 is 4.67. The van der Waals surface area contributed by atoms with Crippen LogP contribution in [0.1, 0.15) is 20.8 Å². The SMILES string of the molecule is COC(=O)c1ccc(-c2ccc(C)c(C#N)c2)s1. The number of thiophene rings is 1. The molecule has 90 valence electrons. The number of nitrogens with zero attached hydrogens (tertiary/aromatic N) is 1. The van der Waals surface area contributed by atoms with Crippen LogP contribution in [0.5, 0.6) is 0 Å². The van der Waals surface area contributed by atoms with E-state index in [4.69, 9.17) is 5.26 Å². The molecule has 0 atom stereocenters. The number of benzene rings is 1. The first-order chi connectivity index (χ1) is 8.65. The number of rotatable bonds is 2. The summed E-state index contributed by atoms with van der Waals surface area (Å²) in [6.07, 6.45) is 0. The topological polar surface area (TPSA) is 50.1 Å². The highest BCUT2D eigenvalue weighted by Gasteiger charge is 2.10. The number of carbonyl (C=O) groups excluding carboxylic acids is 1. The van der Waals surface area contributed by atoms with Gasteiger partial charge in [0.15, 0.2) is 0 Å². The lowest BCUT2D eigenvalue weighted by Crippen LogP contribution is -1.96. The number of methoxy groups -OCH3 is 1. The molecule has 2 aromatic rings. The van der Waals surface area contributed by atoms with E-state index >= 15 is 0 Å². The van der Waals surface area contributed by atoms with E-state index in [1.54, 1.807) is 6.07 Å². The Morgan fingerprint density at radius 3 is 2.78 bits per heavy atom. The number of nitriles is 1. The first-order valence-electron chi connectivity index (χ1n) is 5.35. The lowest BCUT2D eigenvalue weighted by Gasteiger charge is -2.01. The summed E-state index contributed by atoms with van der Waals surface area (Å²) in [7, 11) is 1.36. The fraction of sp³-hybridized carbons (Fsp3) is 0.143. The maximum atomic E-state index is 11.4. The molecule has 2 rings (SSSR count). The number of carbonyl (C=O) groups is 1. The molecule has 0 fully saturated rings. The first kappa shape index (κ1) is 12.3. The maximum Gasteiger partial charge on any atom is 0.348 e. The Morgan fingerprint density at radius 2 is 2.11 bits per heavy atom. The Morgan fingerprint density at radius 1 is 1.33 bits per heavy atom. The second-order valence-electron chi connectivity index (χ2n) is 3.80. The van der Waals surface area contributed by atoms with Crippen molar-refractivity contribution in [1.82, 2.24) is 0 Å². The van der Waals surface area contributed by atoms with Gasteiger partial charge in [-0.25, -0.2) is 4.79 Å². The van der Waals surface area contributed by atoms with Crippen LogP contribution in [0.25, 0.3) is 10.4 Å². The zero-order valence-electron chi connectivity index (χ0n) is 10.1. The molecule has 0 aliphatic heterocycles. The monoisotopic (exact) mass is 257 g/mol. The highest BCUT2D eigenvalue weighted by atomic mass is 32.1. The fourth-order valence-corrected chi connectivity index (χ4v) is 2.52. The predicted octanol–water partition coefficient (Wildman–Crippen LogP) is 3.38. The smallest absolute Gasteiger partial charge is 0.348 e. The van der Waals surface area contributed by atoms with Gasteiger partial charge >= 0.3 is 5.97 Å². The minimum atomic E-state index is -0.334. The Labute approximate surface area is 109 Å². The molecule has 0 spiro atoms. The zero-order valence-corrected chi connectivity index (χ0v) is 10.9. The number of hydrogen-bond donors (Lipinski definition) is 0. The van der Waals surface area contributed by atoms with Crippen molar-refractivity contribution in [3.05, 3.63) is 46.3 Å². The Balaban J connectivity index is 2.41. The summed E-state index contributed by atoms with van der Waals surface area (Å²) in [5.74, 6) is -0.334. The molecule has 0 bridgehead atoms. The van der Waals surface area contributed by atoms with Gasteiger partial charge in [0.2, 0.25) is 0 Å². The van der Waals surface area contributed by atoms with Crippen molar-refractivity contribution in [3.8, 4) is 16.5 Å². The first-order valence-corrected chi connectivity index (χ1v) is 6.16. The molecule has 0 saturated carbocycles. The fourth-order valence-electron chi connectivity index (χ4n) is 1.60. The maximum absolute atomic E-state index is 11.4. The van der Waals surface area contributed by atoms with Crippen LogP contribution in [-0.4, -0.2) is 13.1 Å². The lowest BCUT2D eigenvalue weighted by atomic mass is 10.1. The summed E-state index contributed by atoms with van der Waals surface area (Å²) in [6.45, 7) is 1.90. The third kappa shape index (κ3) is 2.27. The zero-order chi connectivity index (χ0) is 13.1. The molecule has 0 unspecified atom stereocenters. The van der Waals surface area contributed by atoms with Crippen LogP contribution in [0.3, 0.4) is 0 Å². The van der Waals surface area contributed by atoms with Crippen LogP contribution >= 0.6 is 11.3 Å². The Bertz CT molecular complexity index is 637. The molecule has 3 nitrogen and oxygen atoms in total. The van der Waals surface area contributed by atoms with E-state index in [1.807, 2.05) is 31.2 Å². The van der Waals surface area contributed by atoms with Crippen molar-refractivity contribution in [1.29, 1.82) is 5.26 Å². The minimum Gasteiger partial charge on any atom is -0.465 e. The van der Waals surface area contributed by atoms with Crippen LogP contribution < -0.4 is 0 Å². The van der Waals surface area contributed by atoms with Gasteiger partial charge in [0.05, 0.1) is 18.7 Å². The van der Waals surface area contributed by atoms with Gasteiger partial charge in [0, 0.05) is 4.88 Å². The highest BCUT2D eigenvalue weighted by molar-refractivity contribution is 7.17. The summed E-state index contributed by atoms with van der Waals surface area (Å²) >= 11 is 1.36.